The molecule has 4 nitrogen and oxygen atoms in total. The summed E-state index contributed by atoms with van der Waals surface area (Å²) >= 11 is 0. The molecule has 1 unspecified atom stereocenters. The van der Waals surface area contributed by atoms with Crippen LogP contribution in [-0.2, 0) is 6.42 Å². The van der Waals surface area contributed by atoms with Crippen molar-refractivity contribution in [3.8, 4) is 0 Å². The van der Waals surface area contributed by atoms with Crippen LogP contribution < -0.4 is 5.32 Å². The Labute approximate surface area is 110 Å². The molecule has 2 N–H and O–H groups in total. The highest BCUT2D eigenvalue weighted by Gasteiger charge is 2.23. The van der Waals surface area contributed by atoms with E-state index in [-0.39, 0.29) is 12.1 Å². The quantitative estimate of drug-likeness (QED) is 0.721. The molecule has 102 valence electrons. The number of hydrogen-bond acceptors (Lipinski definition) is 4. The maximum atomic E-state index is 9.45. The first-order chi connectivity index (χ1) is 8.59. The summed E-state index contributed by atoms with van der Waals surface area (Å²) in [6, 6.07) is 4.09. The van der Waals surface area contributed by atoms with Gasteiger partial charge < -0.3 is 15.3 Å². The van der Waals surface area contributed by atoms with Crippen LogP contribution in [0.3, 0.4) is 0 Å². The lowest BCUT2D eigenvalue weighted by molar-refractivity contribution is 0.134. The van der Waals surface area contributed by atoms with Gasteiger partial charge in [0, 0.05) is 25.5 Å². The molecule has 0 aliphatic carbocycles. The van der Waals surface area contributed by atoms with Crippen molar-refractivity contribution in [3.05, 3.63) is 30.1 Å². The zero-order valence-corrected chi connectivity index (χ0v) is 11.7. The molecule has 1 atom stereocenters. The molecule has 1 aromatic heterocycles. The van der Waals surface area contributed by atoms with Gasteiger partial charge in [0.25, 0.3) is 0 Å². The summed E-state index contributed by atoms with van der Waals surface area (Å²) < 4.78 is 0. The molecule has 0 saturated carbocycles. The predicted octanol–water partition coefficient (Wildman–Crippen LogP) is 0.916. The van der Waals surface area contributed by atoms with Crippen molar-refractivity contribution in [1.29, 1.82) is 0 Å². The van der Waals surface area contributed by atoms with Gasteiger partial charge in [-0.25, -0.2) is 0 Å². The minimum absolute atomic E-state index is 0.153. The maximum Gasteiger partial charge on any atom is 0.0623 e. The van der Waals surface area contributed by atoms with Gasteiger partial charge in [-0.15, -0.1) is 0 Å². The van der Waals surface area contributed by atoms with E-state index in [1.165, 1.54) is 5.56 Å². The Morgan fingerprint density at radius 3 is 2.61 bits per heavy atom. The molecular formula is C14H25N3O. The molecule has 4 heteroatoms. The van der Waals surface area contributed by atoms with Gasteiger partial charge in [0.15, 0.2) is 0 Å². The average molecular weight is 251 g/mol. The Balaban J connectivity index is 2.39. The lowest BCUT2D eigenvalue weighted by Gasteiger charge is -2.33. The zero-order chi connectivity index (χ0) is 13.4. The minimum Gasteiger partial charge on any atom is -0.394 e. The average Bonchev–Trinajstić information content (AvgIpc) is 2.38. The topological polar surface area (TPSA) is 48.4 Å². The van der Waals surface area contributed by atoms with Crippen molar-refractivity contribution in [1.82, 2.24) is 15.2 Å². The minimum atomic E-state index is -0.220. The van der Waals surface area contributed by atoms with Gasteiger partial charge in [-0.1, -0.05) is 6.92 Å². The molecule has 0 fully saturated rings. The van der Waals surface area contributed by atoms with Crippen LogP contribution in [0, 0.1) is 0 Å². The first kappa shape index (κ1) is 15.1. The van der Waals surface area contributed by atoms with Crippen molar-refractivity contribution >= 4 is 0 Å². The molecule has 1 heterocycles. The van der Waals surface area contributed by atoms with Crippen LogP contribution in [0.25, 0.3) is 0 Å². The Morgan fingerprint density at radius 1 is 1.39 bits per heavy atom. The van der Waals surface area contributed by atoms with E-state index in [1.807, 2.05) is 24.5 Å². The fourth-order valence-electron chi connectivity index (χ4n) is 2.13. The number of hydrogen-bond donors (Lipinski definition) is 2. The number of aliphatic hydroxyl groups is 1. The van der Waals surface area contributed by atoms with E-state index in [1.54, 1.807) is 0 Å². The molecular weight excluding hydrogens is 226 g/mol. The van der Waals surface area contributed by atoms with Crippen LogP contribution in [0.1, 0.15) is 19.4 Å². The number of pyridine rings is 1. The summed E-state index contributed by atoms with van der Waals surface area (Å²) in [5.74, 6) is 0. The Morgan fingerprint density at radius 2 is 2.06 bits per heavy atom. The van der Waals surface area contributed by atoms with Crippen molar-refractivity contribution < 1.29 is 5.11 Å². The molecule has 0 amide bonds. The van der Waals surface area contributed by atoms with Crippen LogP contribution in [0.5, 0.6) is 0 Å². The van der Waals surface area contributed by atoms with Crippen molar-refractivity contribution in [2.75, 3.05) is 33.3 Å². The van der Waals surface area contributed by atoms with Gasteiger partial charge in [0.2, 0.25) is 0 Å². The van der Waals surface area contributed by atoms with Gasteiger partial charge in [-0.05, 0) is 44.6 Å². The van der Waals surface area contributed by atoms with E-state index in [4.69, 9.17) is 0 Å². The van der Waals surface area contributed by atoms with E-state index >= 15 is 0 Å². The zero-order valence-electron chi connectivity index (χ0n) is 11.7. The van der Waals surface area contributed by atoms with E-state index in [0.29, 0.717) is 0 Å². The smallest absolute Gasteiger partial charge is 0.0623 e. The maximum absolute atomic E-state index is 9.45. The first-order valence-corrected chi connectivity index (χ1v) is 6.53. The van der Waals surface area contributed by atoms with E-state index in [9.17, 15) is 5.11 Å². The Kier molecular flexibility index (Phi) is 6.25. The summed E-state index contributed by atoms with van der Waals surface area (Å²) in [5.41, 5.74) is 1.08. The highest BCUT2D eigenvalue weighted by atomic mass is 16.3. The fraction of sp³-hybridized carbons (Fsp3) is 0.643. The highest BCUT2D eigenvalue weighted by Crippen LogP contribution is 2.06. The van der Waals surface area contributed by atoms with E-state index in [0.717, 1.165) is 26.1 Å². The molecule has 0 aromatic carbocycles. The Hall–Kier alpha value is -0.970. The lowest BCUT2D eigenvalue weighted by Crippen LogP contribution is -2.53. The van der Waals surface area contributed by atoms with Crippen molar-refractivity contribution in [3.63, 3.8) is 0 Å². The second kappa shape index (κ2) is 7.46. The van der Waals surface area contributed by atoms with E-state index in [2.05, 4.69) is 36.1 Å². The summed E-state index contributed by atoms with van der Waals surface area (Å²) in [6.45, 7) is 6.95. The number of nitrogens with zero attached hydrogens (tertiary/aromatic N) is 2. The summed E-state index contributed by atoms with van der Waals surface area (Å²) in [5, 5.41) is 12.8. The summed E-state index contributed by atoms with van der Waals surface area (Å²) in [7, 11) is 2.09. The summed E-state index contributed by atoms with van der Waals surface area (Å²) in [6.07, 6.45) is 4.66. The van der Waals surface area contributed by atoms with Crippen molar-refractivity contribution in [2.45, 2.75) is 25.8 Å². The fourth-order valence-corrected chi connectivity index (χ4v) is 2.13. The molecule has 0 bridgehead atoms. The molecule has 0 aliphatic rings. The van der Waals surface area contributed by atoms with Crippen LogP contribution >= 0.6 is 0 Å². The molecule has 0 spiro atoms. The van der Waals surface area contributed by atoms with Gasteiger partial charge in [-0.2, -0.15) is 0 Å². The number of nitrogens with one attached hydrogen (secondary N) is 1. The van der Waals surface area contributed by atoms with Crippen LogP contribution in [0.15, 0.2) is 24.5 Å². The largest absolute Gasteiger partial charge is 0.394 e. The first-order valence-electron chi connectivity index (χ1n) is 6.53. The molecule has 0 radical (unpaired) electrons. The van der Waals surface area contributed by atoms with Gasteiger partial charge in [0.1, 0.15) is 0 Å². The number of aliphatic hydroxyl groups excluding tert-OH is 1. The standard InChI is InChI=1S/C14H25N3O/c1-4-16-14(2,12-18)11-17(3)10-7-13-5-8-15-9-6-13/h5-6,8-9,16,18H,4,7,10-12H2,1-3H3. The Bertz CT molecular complexity index is 331. The van der Waals surface area contributed by atoms with Gasteiger partial charge in [0.05, 0.1) is 12.1 Å². The molecule has 18 heavy (non-hydrogen) atoms. The molecule has 0 aliphatic heterocycles. The lowest BCUT2D eigenvalue weighted by atomic mass is 10.0. The monoisotopic (exact) mass is 251 g/mol. The normalized spacial score (nSPS) is 14.7. The predicted molar refractivity (Wildman–Crippen MR) is 74.6 cm³/mol. The summed E-state index contributed by atoms with van der Waals surface area (Å²) in [4.78, 5) is 6.26. The number of likely N-dealkylation sites (N-methyl/N-ethyl adjacent to an activating group) is 2. The third-order valence-electron chi connectivity index (χ3n) is 3.10. The van der Waals surface area contributed by atoms with Crippen LogP contribution in [0.2, 0.25) is 0 Å². The second-order valence-corrected chi connectivity index (χ2v) is 5.09. The second-order valence-electron chi connectivity index (χ2n) is 5.09. The molecule has 1 aromatic rings. The van der Waals surface area contributed by atoms with Crippen molar-refractivity contribution in [2.24, 2.45) is 0 Å². The highest BCUT2D eigenvalue weighted by molar-refractivity contribution is 5.09. The number of rotatable bonds is 8. The molecule has 1 rings (SSSR count). The van der Waals surface area contributed by atoms with E-state index < -0.39 is 0 Å². The molecule has 0 saturated heterocycles. The van der Waals surface area contributed by atoms with Gasteiger partial charge >= 0.3 is 0 Å². The van der Waals surface area contributed by atoms with Crippen LogP contribution in [-0.4, -0.2) is 53.8 Å². The van der Waals surface area contributed by atoms with Gasteiger partial charge in [-0.3, -0.25) is 4.98 Å². The third kappa shape index (κ3) is 5.12. The SMILES string of the molecule is CCNC(C)(CO)CN(C)CCc1ccncc1. The third-order valence-corrected chi connectivity index (χ3v) is 3.10. The number of aromatic nitrogens is 1. The van der Waals surface area contributed by atoms with Crippen LogP contribution in [0.4, 0.5) is 0 Å².